The van der Waals surface area contributed by atoms with Crippen molar-refractivity contribution in [2.24, 2.45) is 0 Å². The zero-order chi connectivity index (χ0) is 12.1. The molecule has 5 nitrogen and oxygen atoms in total. The molecular weight excluding hydrogens is 234 g/mol. The number of hydrogen-bond donors (Lipinski definition) is 1. The molecular formula is C10H12ClNO4. The quantitative estimate of drug-likeness (QED) is 0.634. The normalized spacial score (nSPS) is 12.4. The fourth-order valence-corrected chi connectivity index (χ4v) is 1.55. The van der Waals surface area contributed by atoms with Gasteiger partial charge in [0, 0.05) is 30.2 Å². The lowest BCUT2D eigenvalue weighted by Crippen LogP contribution is -2.17. The smallest absolute Gasteiger partial charge is 0.274 e. The number of nitro groups is 1. The number of rotatable bonds is 5. The summed E-state index contributed by atoms with van der Waals surface area (Å²) >= 11 is 5.67. The Hall–Kier alpha value is -1.17. The van der Waals surface area contributed by atoms with Crippen LogP contribution in [0.3, 0.4) is 0 Å². The summed E-state index contributed by atoms with van der Waals surface area (Å²) < 4.78 is 4.75. The maximum absolute atomic E-state index is 10.7. The molecule has 1 aromatic carbocycles. The van der Waals surface area contributed by atoms with E-state index in [4.69, 9.17) is 16.3 Å². The number of methoxy groups -OCH3 is 1. The van der Waals surface area contributed by atoms with Crippen LogP contribution in [0.15, 0.2) is 18.2 Å². The summed E-state index contributed by atoms with van der Waals surface area (Å²) in [6.07, 6.45) is -0.591. The Morgan fingerprint density at radius 1 is 1.62 bits per heavy atom. The number of nitrogens with zero attached hydrogens (tertiary/aromatic N) is 1. The largest absolute Gasteiger partial charge is 0.390 e. The van der Waals surface area contributed by atoms with Gasteiger partial charge >= 0.3 is 0 Å². The zero-order valence-electron chi connectivity index (χ0n) is 8.72. The molecule has 0 aliphatic rings. The molecule has 0 aliphatic heterocycles. The third-order valence-electron chi connectivity index (χ3n) is 2.06. The van der Waals surface area contributed by atoms with E-state index >= 15 is 0 Å². The lowest BCUT2D eigenvalue weighted by atomic mass is 10.1. The average molecular weight is 246 g/mol. The minimum Gasteiger partial charge on any atom is -0.390 e. The van der Waals surface area contributed by atoms with E-state index in [9.17, 15) is 15.2 Å². The van der Waals surface area contributed by atoms with Crippen LogP contribution in [0.1, 0.15) is 5.56 Å². The maximum Gasteiger partial charge on any atom is 0.274 e. The van der Waals surface area contributed by atoms with Crippen LogP contribution in [0.4, 0.5) is 5.69 Å². The summed E-state index contributed by atoms with van der Waals surface area (Å²) in [5.74, 6) is 0. The SMILES string of the molecule is COCC(O)Cc1ccc(Cl)cc1[N+](=O)[O-]. The molecule has 0 radical (unpaired) electrons. The Morgan fingerprint density at radius 3 is 2.88 bits per heavy atom. The molecule has 0 aromatic heterocycles. The van der Waals surface area contributed by atoms with Gasteiger partial charge in [-0.2, -0.15) is 0 Å². The van der Waals surface area contributed by atoms with Crippen molar-refractivity contribution < 1.29 is 14.8 Å². The molecule has 6 heteroatoms. The van der Waals surface area contributed by atoms with Gasteiger partial charge in [0.15, 0.2) is 0 Å². The van der Waals surface area contributed by atoms with Gasteiger partial charge in [-0.15, -0.1) is 0 Å². The second-order valence-corrected chi connectivity index (χ2v) is 3.78. The van der Waals surface area contributed by atoms with Crippen LogP contribution in [0.2, 0.25) is 5.02 Å². The molecule has 0 saturated carbocycles. The van der Waals surface area contributed by atoms with Crippen LogP contribution >= 0.6 is 11.6 Å². The summed E-state index contributed by atoms with van der Waals surface area (Å²) in [6.45, 7) is 0.139. The lowest BCUT2D eigenvalue weighted by molar-refractivity contribution is -0.385. The first-order valence-corrected chi connectivity index (χ1v) is 5.02. The molecule has 0 aliphatic carbocycles. The van der Waals surface area contributed by atoms with Crippen LogP contribution in [0.5, 0.6) is 0 Å². The molecule has 0 spiro atoms. The molecule has 88 valence electrons. The Morgan fingerprint density at radius 2 is 2.31 bits per heavy atom. The van der Waals surface area contributed by atoms with Crippen molar-refractivity contribution in [2.45, 2.75) is 12.5 Å². The highest BCUT2D eigenvalue weighted by Gasteiger charge is 2.17. The van der Waals surface area contributed by atoms with Crippen LogP contribution < -0.4 is 0 Å². The van der Waals surface area contributed by atoms with E-state index in [-0.39, 0.29) is 18.7 Å². The molecule has 1 aromatic rings. The minimum absolute atomic E-state index is 0.0809. The zero-order valence-corrected chi connectivity index (χ0v) is 9.48. The van der Waals surface area contributed by atoms with Gasteiger partial charge in [0.25, 0.3) is 5.69 Å². The van der Waals surface area contributed by atoms with Gasteiger partial charge in [0.05, 0.1) is 17.6 Å². The molecule has 0 heterocycles. The number of nitro benzene ring substituents is 1. The molecule has 1 rings (SSSR count). The molecule has 0 saturated heterocycles. The van der Waals surface area contributed by atoms with Gasteiger partial charge in [0.2, 0.25) is 0 Å². The predicted octanol–water partition coefficient (Wildman–Crippen LogP) is 1.80. The first-order valence-electron chi connectivity index (χ1n) is 4.64. The van der Waals surface area contributed by atoms with Gasteiger partial charge in [-0.3, -0.25) is 10.1 Å². The van der Waals surface area contributed by atoms with E-state index in [1.165, 1.54) is 13.2 Å². The van der Waals surface area contributed by atoms with Gasteiger partial charge in [0.1, 0.15) is 0 Å². The molecule has 1 atom stereocenters. The Kier molecular flexibility index (Phi) is 4.67. The van der Waals surface area contributed by atoms with Crippen molar-refractivity contribution in [1.82, 2.24) is 0 Å². The number of benzene rings is 1. The van der Waals surface area contributed by atoms with E-state index < -0.39 is 11.0 Å². The van der Waals surface area contributed by atoms with Crippen molar-refractivity contribution in [3.63, 3.8) is 0 Å². The Balaban J connectivity index is 2.90. The second kappa shape index (κ2) is 5.79. The second-order valence-electron chi connectivity index (χ2n) is 3.34. The average Bonchev–Trinajstić information content (AvgIpc) is 2.20. The third-order valence-corrected chi connectivity index (χ3v) is 2.29. The minimum atomic E-state index is -0.759. The molecule has 1 unspecified atom stereocenters. The molecule has 1 N–H and O–H groups in total. The fourth-order valence-electron chi connectivity index (χ4n) is 1.38. The van der Waals surface area contributed by atoms with E-state index in [0.717, 1.165) is 0 Å². The fraction of sp³-hybridized carbons (Fsp3) is 0.400. The third kappa shape index (κ3) is 3.44. The van der Waals surface area contributed by atoms with Crippen LogP contribution in [0.25, 0.3) is 0 Å². The van der Waals surface area contributed by atoms with Crippen molar-refractivity contribution in [3.8, 4) is 0 Å². The van der Waals surface area contributed by atoms with Crippen LogP contribution in [-0.4, -0.2) is 29.9 Å². The van der Waals surface area contributed by atoms with E-state index in [0.29, 0.717) is 10.6 Å². The van der Waals surface area contributed by atoms with Gasteiger partial charge < -0.3 is 9.84 Å². The van der Waals surface area contributed by atoms with E-state index in [1.807, 2.05) is 0 Å². The Bertz CT molecular complexity index is 383. The van der Waals surface area contributed by atoms with Crippen molar-refractivity contribution >= 4 is 17.3 Å². The summed E-state index contributed by atoms with van der Waals surface area (Å²) in [4.78, 5) is 10.2. The molecule has 0 fully saturated rings. The number of aliphatic hydroxyl groups is 1. The van der Waals surface area contributed by atoms with Crippen molar-refractivity contribution in [3.05, 3.63) is 38.9 Å². The van der Waals surface area contributed by atoms with Gasteiger partial charge in [-0.25, -0.2) is 0 Å². The highest BCUT2D eigenvalue weighted by atomic mass is 35.5. The first-order chi connectivity index (χ1) is 7.54. The van der Waals surface area contributed by atoms with Gasteiger partial charge in [-0.05, 0) is 6.07 Å². The number of aliphatic hydroxyl groups excluding tert-OH is 1. The number of hydrogen-bond acceptors (Lipinski definition) is 4. The van der Waals surface area contributed by atoms with Gasteiger partial charge in [-0.1, -0.05) is 17.7 Å². The Labute approximate surface area is 97.8 Å². The lowest BCUT2D eigenvalue weighted by Gasteiger charge is -2.09. The highest BCUT2D eigenvalue weighted by molar-refractivity contribution is 6.30. The van der Waals surface area contributed by atoms with E-state index in [1.54, 1.807) is 12.1 Å². The standard InChI is InChI=1S/C10H12ClNO4/c1-16-6-9(13)4-7-2-3-8(11)5-10(7)12(14)15/h2-3,5,9,13H,4,6H2,1H3. The van der Waals surface area contributed by atoms with Crippen LogP contribution in [-0.2, 0) is 11.2 Å². The number of ether oxygens (including phenoxy) is 1. The van der Waals surface area contributed by atoms with Crippen molar-refractivity contribution in [2.75, 3.05) is 13.7 Å². The molecule has 0 bridgehead atoms. The van der Waals surface area contributed by atoms with Crippen LogP contribution in [0, 0.1) is 10.1 Å². The number of halogens is 1. The summed E-state index contributed by atoms with van der Waals surface area (Å²) in [5.41, 5.74) is 0.363. The summed E-state index contributed by atoms with van der Waals surface area (Å²) in [7, 11) is 1.46. The summed E-state index contributed by atoms with van der Waals surface area (Å²) in [6, 6.07) is 4.37. The van der Waals surface area contributed by atoms with E-state index in [2.05, 4.69) is 0 Å². The topological polar surface area (TPSA) is 72.6 Å². The summed E-state index contributed by atoms with van der Waals surface area (Å²) in [5, 5.41) is 20.5. The molecule has 0 amide bonds. The highest BCUT2D eigenvalue weighted by Crippen LogP contribution is 2.24. The monoisotopic (exact) mass is 245 g/mol. The maximum atomic E-state index is 10.7. The predicted molar refractivity (Wildman–Crippen MR) is 59.7 cm³/mol. The van der Waals surface area contributed by atoms with Crippen molar-refractivity contribution in [1.29, 1.82) is 0 Å². The first kappa shape index (κ1) is 12.9. The molecule has 16 heavy (non-hydrogen) atoms.